The third kappa shape index (κ3) is 6.42. The zero-order valence-electron chi connectivity index (χ0n) is 20.7. The third-order valence-electron chi connectivity index (χ3n) is 5.89. The molecular weight excluding hydrogens is 452 g/mol. The molecule has 1 saturated carbocycles. The van der Waals surface area contributed by atoms with E-state index in [4.69, 9.17) is 18.9 Å². The van der Waals surface area contributed by atoms with Crippen LogP contribution in [0.3, 0.4) is 0 Å². The van der Waals surface area contributed by atoms with Gasteiger partial charge in [-0.3, -0.25) is 4.79 Å². The number of carbonyl (C=O) groups excluding carboxylic acids is 2. The quantitative estimate of drug-likeness (QED) is 0.412. The van der Waals surface area contributed by atoms with Gasteiger partial charge < -0.3 is 29.4 Å². The van der Waals surface area contributed by atoms with Crippen LogP contribution in [0.1, 0.15) is 56.9 Å². The number of pyridine rings is 1. The number of ether oxygens (including phenoxy) is 4. The first-order valence-corrected chi connectivity index (χ1v) is 11.9. The molecule has 1 aliphatic carbocycles. The Morgan fingerprint density at radius 1 is 1.17 bits per heavy atom. The molecule has 2 aromatic rings. The van der Waals surface area contributed by atoms with E-state index in [1.165, 1.54) is 19.4 Å². The van der Waals surface area contributed by atoms with Crippen LogP contribution in [-0.4, -0.2) is 59.5 Å². The van der Waals surface area contributed by atoms with Gasteiger partial charge in [0.15, 0.2) is 23.3 Å². The summed E-state index contributed by atoms with van der Waals surface area (Å²) in [5.41, 5.74) is -1.40. The fourth-order valence-electron chi connectivity index (χ4n) is 3.74. The normalized spacial score (nSPS) is 16.5. The summed E-state index contributed by atoms with van der Waals surface area (Å²) in [6, 6.07) is 10.7. The van der Waals surface area contributed by atoms with E-state index >= 15 is 0 Å². The lowest BCUT2D eigenvalue weighted by Crippen LogP contribution is -2.49. The summed E-state index contributed by atoms with van der Waals surface area (Å²) >= 11 is 0. The number of nitrogens with one attached hydrogen (secondary N) is 1. The molecule has 0 unspecified atom stereocenters. The maximum Gasteiger partial charge on any atom is 0.332 e. The second-order valence-corrected chi connectivity index (χ2v) is 8.57. The maximum absolute atomic E-state index is 13.2. The minimum Gasteiger partial charge on any atom is -0.503 e. The van der Waals surface area contributed by atoms with Crippen molar-refractivity contribution < 1.29 is 33.6 Å². The molecule has 1 aromatic heterocycles. The molecule has 3 rings (SSSR count). The molecule has 0 bridgehead atoms. The topological polar surface area (TPSA) is 116 Å². The van der Waals surface area contributed by atoms with Crippen molar-refractivity contribution in [3.05, 3.63) is 48.3 Å². The van der Waals surface area contributed by atoms with Crippen molar-refractivity contribution >= 4 is 11.9 Å². The molecule has 9 nitrogen and oxygen atoms in total. The Balaban J connectivity index is 1.72. The highest BCUT2D eigenvalue weighted by atomic mass is 16.6. The van der Waals surface area contributed by atoms with Crippen LogP contribution < -0.4 is 14.8 Å². The Bertz CT molecular complexity index is 994. The average molecular weight is 487 g/mol. The molecule has 0 radical (unpaired) electrons. The van der Waals surface area contributed by atoms with Crippen molar-refractivity contribution in [2.45, 2.75) is 70.3 Å². The summed E-state index contributed by atoms with van der Waals surface area (Å²) in [5, 5.41) is 12.9. The zero-order chi connectivity index (χ0) is 25.4. The second-order valence-electron chi connectivity index (χ2n) is 8.57. The number of aromatic hydroxyl groups is 1. The number of aromatic nitrogens is 1. The predicted octanol–water partition coefficient (Wildman–Crippen LogP) is 3.64. The Morgan fingerprint density at radius 2 is 1.89 bits per heavy atom. The van der Waals surface area contributed by atoms with Crippen molar-refractivity contribution in [2.75, 3.05) is 13.7 Å². The fraction of sp³-hybridized carbons (Fsp3) is 0.500. The van der Waals surface area contributed by atoms with Gasteiger partial charge in [-0.2, -0.15) is 0 Å². The van der Waals surface area contributed by atoms with Crippen molar-refractivity contribution in [1.82, 2.24) is 10.3 Å². The smallest absolute Gasteiger partial charge is 0.332 e. The van der Waals surface area contributed by atoms with E-state index in [1.807, 2.05) is 44.2 Å². The summed E-state index contributed by atoms with van der Waals surface area (Å²) < 4.78 is 23.1. The number of methoxy groups -OCH3 is 1. The minimum atomic E-state index is -1.17. The first-order valence-electron chi connectivity index (χ1n) is 11.9. The van der Waals surface area contributed by atoms with Gasteiger partial charge in [-0.05, 0) is 44.7 Å². The van der Waals surface area contributed by atoms with E-state index in [1.54, 1.807) is 6.92 Å². The molecule has 1 heterocycles. The monoisotopic (exact) mass is 486 g/mol. The Kier molecular flexibility index (Phi) is 8.92. The summed E-state index contributed by atoms with van der Waals surface area (Å²) in [7, 11) is 1.37. The van der Waals surface area contributed by atoms with Gasteiger partial charge in [0.25, 0.3) is 5.91 Å². The number of carbonyl (C=O) groups is 2. The molecule has 190 valence electrons. The van der Waals surface area contributed by atoms with Gasteiger partial charge in [-0.15, -0.1) is 0 Å². The predicted molar refractivity (Wildman–Crippen MR) is 129 cm³/mol. The number of hydrogen-bond acceptors (Lipinski definition) is 8. The van der Waals surface area contributed by atoms with Gasteiger partial charge in [0.05, 0.1) is 13.2 Å². The van der Waals surface area contributed by atoms with E-state index in [0.717, 1.165) is 6.42 Å². The van der Waals surface area contributed by atoms with E-state index in [-0.39, 0.29) is 23.3 Å². The SMILES string of the molecule is CCCO[C@@H](CC)[C@@H](Oc1ccccc1)[C@H](C)OC(=O)C1(NC(=O)c2nccc(OC)c2O)CC1. The van der Waals surface area contributed by atoms with Crippen LogP contribution in [-0.2, 0) is 14.3 Å². The number of benzene rings is 1. The Labute approximate surface area is 205 Å². The highest BCUT2D eigenvalue weighted by molar-refractivity contribution is 6.00. The number of nitrogens with zero attached hydrogens (tertiary/aromatic N) is 1. The van der Waals surface area contributed by atoms with Crippen LogP contribution in [0.5, 0.6) is 17.2 Å². The van der Waals surface area contributed by atoms with Gasteiger partial charge >= 0.3 is 5.97 Å². The van der Waals surface area contributed by atoms with Gasteiger partial charge in [-0.25, -0.2) is 9.78 Å². The molecule has 1 fully saturated rings. The van der Waals surface area contributed by atoms with Crippen molar-refractivity contribution in [3.63, 3.8) is 0 Å². The summed E-state index contributed by atoms with van der Waals surface area (Å²) in [6.45, 7) is 6.34. The number of para-hydroxylation sites is 1. The van der Waals surface area contributed by atoms with E-state index in [9.17, 15) is 14.7 Å². The lowest BCUT2D eigenvalue weighted by molar-refractivity contribution is -0.162. The molecule has 0 spiro atoms. The van der Waals surface area contributed by atoms with Crippen molar-refractivity contribution in [1.29, 1.82) is 0 Å². The summed E-state index contributed by atoms with van der Waals surface area (Å²) in [5.74, 6) is -0.871. The van der Waals surface area contributed by atoms with Crippen LogP contribution in [0, 0.1) is 0 Å². The van der Waals surface area contributed by atoms with Gasteiger partial charge in [0.2, 0.25) is 0 Å². The molecule has 1 aromatic carbocycles. The fourth-order valence-corrected chi connectivity index (χ4v) is 3.74. The lowest BCUT2D eigenvalue weighted by atomic mass is 10.1. The number of esters is 1. The largest absolute Gasteiger partial charge is 0.503 e. The molecular formula is C26H34N2O7. The number of hydrogen-bond donors (Lipinski definition) is 2. The van der Waals surface area contributed by atoms with Crippen molar-refractivity contribution in [2.24, 2.45) is 0 Å². The van der Waals surface area contributed by atoms with Crippen LogP contribution >= 0.6 is 0 Å². The van der Waals surface area contributed by atoms with Crippen LogP contribution in [0.25, 0.3) is 0 Å². The number of amides is 1. The Morgan fingerprint density at radius 3 is 2.49 bits per heavy atom. The van der Waals surface area contributed by atoms with Crippen LogP contribution in [0.4, 0.5) is 0 Å². The highest BCUT2D eigenvalue weighted by Crippen LogP contribution is 2.38. The Hall–Kier alpha value is -3.33. The lowest BCUT2D eigenvalue weighted by Gasteiger charge is -2.32. The third-order valence-corrected chi connectivity index (χ3v) is 5.89. The van der Waals surface area contributed by atoms with Gasteiger partial charge in [-0.1, -0.05) is 32.0 Å². The van der Waals surface area contributed by atoms with E-state index in [2.05, 4.69) is 10.3 Å². The van der Waals surface area contributed by atoms with E-state index in [0.29, 0.717) is 31.6 Å². The van der Waals surface area contributed by atoms with Crippen LogP contribution in [0.2, 0.25) is 0 Å². The minimum absolute atomic E-state index is 0.116. The zero-order valence-corrected chi connectivity index (χ0v) is 20.7. The van der Waals surface area contributed by atoms with Gasteiger partial charge in [0, 0.05) is 18.9 Å². The number of rotatable bonds is 13. The molecule has 2 N–H and O–H groups in total. The summed E-state index contributed by atoms with van der Waals surface area (Å²) in [4.78, 5) is 29.9. The molecule has 0 aliphatic heterocycles. The molecule has 9 heteroatoms. The van der Waals surface area contributed by atoms with Crippen LogP contribution in [0.15, 0.2) is 42.6 Å². The maximum atomic E-state index is 13.2. The van der Waals surface area contributed by atoms with E-state index < -0.39 is 29.6 Å². The highest BCUT2D eigenvalue weighted by Gasteiger charge is 2.54. The van der Waals surface area contributed by atoms with Crippen molar-refractivity contribution in [3.8, 4) is 17.2 Å². The second kappa shape index (κ2) is 11.9. The standard InChI is InChI=1S/C26H34N2O7/c1-5-16-33-19(6-2)23(35-18-10-8-7-9-11-18)17(3)34-25(31)26(13-14-26)28-24(30)21-22(29)20(32-4)12-15-27-21/h7-12,15,17,19,23,29H,5-6,13-14,16H2,1-4H3,(H,28,30)/t17-,19-,23-/m0/s1. The first kappa shape index (κ1) is 26.3. The first-order chi connectivity index (χ1) is 16.8. The molecule has 3 atom stereocenters. The molecule has 35 heavy (non-hydrogen) atoms. The average Bonchev–Trinajstić information content (AvgIpc) is 3.65. The van der Waals surface area contributed by atoms with Gasteiger partial charge in [0.1, 0.15) is 17.4 Å². The molecule has 1 aliphatic rings. The molecule has 1 amide bonds. The summed E-state index contributed by atoms with van der Waals surface area (Å²) in [6.07, 6.45) is 2.22. The molecule has 0 saturated heterocycles.